The van der Waals surface area contributed by atoms with E-state index in [4.69, 9.17) is 10.2 Å². The first-order valence-corrected chi connectivity index (χ1v) is 11.2. The molecule has 0 spiro atoms. The molecule has 9 nitrogen and oxygen atoms in total. The molecule has 10 heteroatoms. The summed E-state index contributed by atoms with van der Waals surface area (Å²) in [7, 11) is 0. The number of hydrogen-bond acceptors (Lipinski definition) is 8. The van der Waals surface area contributed by atoms with Crippen LogP contribution in [-0.4, -0.2) is 50.0 Å². The topological polar surface area (TPSA) is 115 Å². The highest BCUT2D eigenvalue weighted by Gasteiger charge is 2.27. The minimum Gasteiger partial charge on any atom is -0.444 e. The molecule has 2 aromatic heterocycles. The first-order chi connectivity index (χ1) is 14.8. The monoisotopic (exact) mass is 441 g/mol. The van der Waals surface area contributed by atoms with Crippen LogP contribution in [-0.2, 0) is 11.2 Å². The number of carbonyl (C=O) groups excluding carboxylic acids is 1. The third kappa shape index (κ3) is 5.19. The Bertz CT molecular complexity index is 1040. The Morgan fingerprint density at radius 1 is 1.29 bits per heavy atom. The first-order valence-electron chi connectivity index (χ1n) is 10.2. The Morgan fingerprint density at radius 3 is 2.77 bits per heavy atom. The molecular weight excluding hydrogens is 414 g/mol. The predicted octanol–water partition coefficient (Wildman–Crippen LogP) is 2.90. The molecule has 1 fully saturated rings. The van der Waals surface area contributed by atoms with E-state index in [0.29, 0.717) is 36.0 Å². The van der Waals surface area contributed by atoms with Gasteiger partial charge in [0.05, 0.1) is 24.2 Å². The largest absolute Gasteiger partial charge is 0.444 e. The summed E-state index contributed by atoms with van der Waals surface area (Å²) in [4.78, 5) is 20.3. The van der Waals surface area contributed by atoms with E-state index in [0.717, 1.165) is 17.2 Å². The molecule has 31 heavy (non-hydrogen) atoms. The van der Waals surface area contributed by atoms with Crippen molar-refractivity contribution >= 4 is 23.4 Å². The Labute approximate surface area is 185 Å². The highest BCUT2D eigenvalue weighted by molar-refractivity contribution is 7.98. The second-order valence-electron chi connectivity index (χ2n) is 8.62. The number of thioether (sulfide) groups is 1. The van der Waals surface area contributed by atoms with Gasteiger partial charge in [0.1, 0.15) is 10.8 Å². The summed E-state index contributed by atoms with van der Waals surface area (Å²) in [6.07, 6.45) is 4.32. The van der Waals surface area contributed by atoms with E-state index in [-0.39, 0.29) is 17.4 Å². The molecule has 1 saturated heterocycles. The average molecular weight is 442 g/mol. The molecular formula is C21H27N7O2S. The minimum absolute atomic E-state index is 0.00884. The summed E-state index contributed by atoms with van der Waals surface area (Å²) >= 11 is 1.51. The fourth-order valence-electron chi connectivity index (χ4n) is 3.26. The molecule has 1 amide bonds. The van der Waals surface area contributed by atoms with Gasteiger partial charge in [-0.15, -0.1) is 10.2 Å². The summed E-state index contributed by atoms with van der Waals surface area (Å²) in [5.74, 6) is 2.13. The first kappa shape index (κ1) is 21.2. The van der Waals surface area contributed by atoms with Crippen LogP contribution in [0.15, 0.2) is 46.1 Å². The van der Waals surface area contributed by atoms with Crippen molar-refractivity contribution in [1.82, 2.24) is 25.0 Å². The second-order valence-corrected chi connectivity index (χ2v) is 9.61. The molecule has 3 aromatic rings. The number of nitrogens with two attached hydrogens (primary N) is 1. The molecule has 0 bridgehead atoms. The Hall–Kier alpha value is -3.01. The van der Waals surface area contributed by atoms with Gasteiger partial charge in [-0.05, 0) is 30.7 Å². The molecule has 3 N–H and O–H groups in total. The Morgan fingerprint density at radius 2 is 2.06 bits per heavy atom. The van der Waals surface area contributed by atoms with Crippen molar-refractivity contribution in [3.8, 4) is 0 Å². The van der Waals surface area contributed by atoms with E-state index >= 15 is 0 Å². The summed E-state index contributed by atoms with van der Waals surface area (Å²) in [5, 5.41) is 9.51. The molecule has 4 rings (SSSR count). The third-order valence-electron chi connectivity index (χ3n) is 5.04. The van der Waals surface area contributed by atoms with Crippen molar-refractivity contribution in [1.29, 1.82) is 0 Å². The summed E-state index contributed by atoms with van der Waals surface area (Å²) in [6, 6.07) is 7.09. The number of hydrogen-bond donors (Lipinski definition) is 2. The number of benzene rings is 1. The maximum atomic E-state index is 12.6. The van der Waals surface area contributed by atoms with Gasteiger partial charge in [0, 0.05) is 29.8 Å². The highest BCUT2D eigenvalue weighted by Crippen LogP contribution is 2.26. The molecule has 1 aromatic carbocycles. The van der Waals surface area contributed by atoms with Crippen molar-refractivity contribution in [3.63, 3.8) is 0 Å². The molecule has 1 aliphatic heterocycles. The quantitative estimate of drug-likeness (QED) is 0.443. The van der Waals surface area contributed by atoms with Crippen LogP contribution in [0.5, 0.6) is 0 Å². The van der Waals surface area contributed by atoms with E-state index in [9.17, 15) is 4.79 Å². The molecule has 1 atom stereocenters. The van der Waals surface area contributed by atoms with Crippen LogP contribution in [0.4, 0.5) is 5.69 Å². The van der Waals surface area contributed by atoms with Crippen molar-refractivity contribution < 1.29 is 9.21 Å². The number of carbonyl (C=O) groups is 1. The van der Waals surface area contributed by atoms with Crippen molar-refractivity contribution in [2.24, 2.45) is 0 Å². The second kappa shape index (κ2) is 8.62. The zero-order chi connectivity index (χ0) is 22.0. The number of rotatable bonds is 6. The average Bonchev–Trinajstić information content (AvgIpc) is 3.47. The number of likely N-dealkylation sites (tertiary alicyclic amines) is 1. The van der Waals surface area contributed by atoms with E-state index in [1.807, 2.05) is 4.90 Å². The van der Waals surface area contributed by atoms with Crippen LogP contribution in [0.2, 0.25) is 0 Å². The van der Waals surface area contributed by atoms with E-state index in [2.05, 4.69) is 41.4 Å². The molecule has 0 aliphatic carbocycles. The molecule has 164 valence electrons. The summed E-state index contributed by atoms with van der Waals surface area (Å²) < 4.78 is 5.81. The van der Waals surface area contributed by atoms with Gasteiger partial charge in [-0.25, -0.2) is 4.98 Å². The molecule has 0 radical (unpaired) electrons. The highest BCUT2D eigenvalue weighted by atomic mass is 32.2. The minimum atomic E-state index is -0.0621. The Balaban J connectivity index is 1.28. The van der Waals surface area contributed by atoms with Gasteiger partial charge in [-0.1, -0.05) is 37.4 Å². The lowest BCUT2D eigenvalue weighted by molar-refractivity contribution is 0.0791. The molecule has 1 unspecified atom stereocenters. The van der Waals surface area contributed by atoms with Crippen molar-refractivity contribution in [3.05, 3.63) is 53.9 Å². The fraction of sp³-hybridized carbons (Fsp3) is 0.429. The lowest BCUT2D eigenvalue weighted by atomic mass is 9.94. The van der Waals surface area contributed by atoms with Crippen LogP contribution in [0, 0.1) is 0 Å². The van der Waals surface area contributed by atoms with Crippen LogP contribution >= 0.6 is 11.8 Å². The van der Waals surface area contributed by atoms with Gasteiger partial charge in [-0.3, -0.25) is 10.2 Å². The van der Waals surface area contributed by atoms with Gasteiger partial charge in [-0.2, -0.15) is 0 Å². The summed E-state index contributed by atoms with van der Waals surface area (Å²) in [6.45, 7) is 7.56. The fourth-order valence-corrected chi connectivity index (χ4v) is 3.92. The number of amides is 1. The number of nitrogen functional groups attached to an aromatic ring is 1. The Kier molecular flexibility index (Phi) is 5.90. The number of oxazole rings is 1. The molecule has 3 heterocycles. The van der Waals surface area contributed by atoms with Crippen LogP contribution in [0.3, 0.4) is 0 Å². The zero-order valence-electron chi connectivity index (χ0n) is 17.9. The van der Waals surface area contributed by atoms with E-state index < -0.39 is 0 Å². The SMILES string of the molecule is CC(C)(C)c1cnc(CSc2cnn(NC3CCN(C(=O)c4ccc(N)cc4)C3)n2)o1. The lowest BCUT2D eigenvalue weighted by Gasteiger charge is -2.17. The van der Waals surface area contributed by atoms with Crippen LogP contribution in [0.1, 0.15) is 49.2 Å². The van der Waals surface area contributed by atoms with E-state index in [1.54, 1.807) is 36.7 Å². The number of anilines is 1. The molecule has 0 saturated carbocycles. The van der Waals surface area contributed by atoms with Crippen molar-refractivity contribution in [2.45, 2.75) is 49.4 Å². The maximum absolute atomic E-state index is 12.6. The van der Waals surface area contributed by atoms with Crippen LogP contribution in [0.25, 0.3) is 0 Å². The van der Waals surface area contributed by atoms with Gasteiger partial charge in [0.2, 0.25) is 5.89 Å². The normalized spacial score (nSPS) is 16.6. The van der Waals surface area contributed by atoms with Gasteiger partial charge < -0.3 is 15.1 Å². The maximum Gasteiger partial charge on any atom is 0.253 e. The third-order valence-corrected chi connectivity index (χ3v) is 5.91. The van der Waals surface area contributed by atoms with Gasteiger partial charge >= 0.3 is 0 Å². The standard InChI is InChI=1S/C21H27N7O2S/c1-21(2,3)17-10-23-18(30-17)13-31-19-11-24-28(26-19)25-16-8-9-27(12-16)20(29)14-4-6-15(22)7-5-14/h4-7,10-11,16,25H,8-9,12-13,22H2,1-3H3. The lowest BCUT2D eigenvalue weighted by Crippen LogP contribution is -2.35. The van der Waals surface area contributed by atoms with Crippen LogP contribution < -0.4 is 11.2 Å². The number of nitrogens with one attached hydrogen (secondary N) is 1. The smallest absolute Gasteiger partial charge is 0.253 e. The van der Waals surface area contributed by atoms with E-state index in [1.165, 1.54) is 16.7 Å². The predicted molar refractivity (Wildman–Crippen MR) is 119 cm³/mol. The summed E-state index contributed by atoms with van der Waals surface area (Å²) in [5.41, 5.74) is 10.2. The molecule has 1 aliphatic rings. The van der Waals surface area contributed by atoms with Gasteiger partial charge in [0.15, 0.2) is 0 Å². The zero-order valence-corrected chi connectivity index (χ0v) is 18.7. The number of nitrogens with zero attached hydrogens (tertiary/aromatic N) is 5. The number of aromatic nitrogens is 4. The van der Waals surface area contributed by atoms with Gasteiger partial charge in [0.25, 0.3) is 5.91 Å². The van der Waals surface area contributed by atoms with Crippen molar-refractivity contribution in [2.75, 3.05) is 24.2 Å².